The number of hydrogen-bond acceptors (Lipinski definition) is 3. The van der Waals surface area contributed by atoms with Gasteiger partial charge < -0.3 is 5.32 Å². The highest BCUT2D eigenvalue weighted by Crippen LogP contribution is 2.23. The lowest BCUT2D eigenvalue weighted by atomic mass is 9.87. The number of amides is 1. The van der Waals surface area contributed by atoms with Crippen molar-refractivity contribution in [2.24, 2.45) is 0 Å². The van der Waals surface area contributed by atoms with Gasteiger partial charge in [-0.2, -0.15) is 0 Å². The minimum atomic E-state index is -3.43. The van der Waals surface area contributed by atoms with Crippen LogP contribution in [0.1, 0.15) is 38.3 Å². The number of sulfonamides is 1. The Bertz CT molecular complexity index is 849. The van der Waals surface area contributed by atoms with Gasteiger partial charge in [0, 0.05) is 12.1 Å². The summed E-state index contributed by atoms with van der Waals surface area (Å²) in [4.78, 5) is 12.3. The van der Waals surface area contributed by atoms with Crippen molar-refractivity contribution in [3.8, 4) is 0 Å². The monoisotopic (exact) mass is 374 g/mol. The normalized spacial score (nSPS) is 12.0. The molecule has 5 nitrogen and oxygen atoms in total. The molecule has 0 saturated carbocycles. The van der Waals surface area contributed by atoms with E-state index in [1.807, 2.05) is 24.3 Å². The molecule has 6 heteroatoms. The average Bonchev–Trinajstić information content (AvgIpc) is 2.60. The molecular weight excluding hydrogens is 348 g/mol. The van der Waals surface area contributed by atoms with Gasteiger partial charge >= 0.3 is 0 Å². The number of carbonyl (C=O) groups is 1. The fraction of sp³-hybridized carbons (Fsp3) is 0.350. The summed E-state index contributed by atoms with van der Waals surface area (Å²) in [6, 6.07) is 14.4. The van der Waals surface area contributed by atoms with Crippen molar-refractivity contribution in [3.05, 3.63) is 59.7 Å². The number of rotatable bonds is 6. The zero-order chi connectivity index (χ0) is 19.4. The van der Waals surface area contributed by atoms with Gasteiger partial charge in [-0.25, -0.2) is 13.1 Å². The molecule has 0 atom stereocenters. The molecule has 1 amide bonds. The quantitative estimate of drug-likeness (QED) is 0.813. The molecule has 140 valence electrons. The molecule has 0 unspecified atom stereocenters. The van der Waals surface area contributed by atoms with Crippen LogP contribution in [0, 0.1) is 0 Å². The third-order valence-electron chi connectivity index (χ3n) is 4.18. The fourth-order valence-electron chi connectivity index (χ4n) is 2.49. The predicted molar refractivity (Wildman–Crippen MR) is 105 cm³/mol. The highest BCUT2D eigenvalue weighted by molar-refractivity contribution is 7.89. The first-order valence-electron chi connectivity index (χ1n) is 8.55. The SMILES string of the molecule is CNS(=O)(=O)c1ccc(CCC(=O)Nc2ccc(C(C)(C)C)cc2)cc1. The molecule has 0 spiro atoms. The van der Waals surface area contributed by atoms with E-state index in [2.05, 4.69) is 30.8 Å². The Morgan fingerprint density at radius 3 is 2.04 bits per heavy atom. The summed E-state index contributed by atoms with van der Waals surface area (Å²) < 4.78 is 25.7. The van der Waals surface area contributed by atoms with E-state index in [0.29, 0.717) is 12.8 Å². The maximum atomic E-state index is 12.1. The maximum Gasteiger partial charge on any atom is 0.240 e. The lowest BCUT2D eigenvalue weighted by Crippen LogP contribution is -2.18. The molecule has 2 aromatic rings. The Hall–Kier alpha value is -2.18. The molecule has 0 aliphatic carbocycles. The lowest BCUT2D eigenvalue weighted by molar-refractivity contribution is -0.116. The maximum absolute atomic E-state index is 12.1. The minimum Gasteiger partial charge on any atom is -0.326 e. The van der Waals surface area contributed by atoms with Crippen LogP contribution >= 0.6 is 0 Å². The van der Waals surface area contributed by atoms with Crippen molar-refractivity contribution in [1.82, 2.24) is 4.72 Å². The number of benzene rings is 2. The topological polar surface area (TPSA) is 75.3 Å². The third kappa shape index (κ3) is 5.41. The van der Waals surface area contributed by atoms with Gasteiger partial charge in [0.15, 0.2) is 0 Å². The molecule has 2 rings (SSSR count). The van der Waals surface area contributed by atoms with E-state index in [1.54, 1.807) is 24.3 Å². The molecule has 0 radical (unpaired) electrons. The molecule has 0 saturated heterocycles. The van der Waals surface area contributed by atoms with Crippen LogP contribution < -0.4 is 10.0 Å². The van der Waals surface area contributed by atoms with Crippen LogP contribution in [0.5, 0.6) is 0 Å². The second-order valence-corrected chi connectivity index (χ2v) is 9.11. The number of anilines is 1. The molecule has 2 N–H and O–H groups in total. The number of carbonyl (C=O) groups excluding carboxylic acids is 1. The van der Waals surface area contributed by atoms with Crippen molar-refractivity contribution in [3.63, 3.8) is 0 Å². The van der Waals surface area contributed by atoms with Gasteiger partial charge in [0.2, 0.25) is 15.9 Å². The zero-order valence-electron chi connectivity index (χ0n) is 15.7. The molecule has 0 aliphatic rings. The van der Waals surface area contributed by atoms with Crippen LogP contribution in [-0.2, 0) is 26.7 Å². The van der Waals surface area contributed by atoms with Crippen molar-refractivity contribution >= 4 is 21.6 Å². The Labute approximate surface area is 155 Å². The Morgan fingerprint density at radius 2 is 1.54 bits per heavy atom. The average molecular weight is 375 g/mol. The van der Waals surface area contributed by atoms with Crippen molar-refractivity contribution < 1.29 is 13.2 Å². The minimum absolute atomic E-state index is 0.0690. The van der Waals surface area contributed by atoms with E-state index in [4.69, 9.17) is 0 Å². The fourth-order valence-corrected chi connectivity index (χ4v) is 3.22. The summed E-state index contributed by atoms with van der Waals surface area (Å²) in [7, 11) is -2.05. The van der Waals surface area contributed by atoms with E-state index in [9.17, 15) is 13.2 Å². The number of aryl methyl sites for hydroxylation is 1. The van der Waals surface area contributed by atoms with Crippen LogP contribution in [0.4, 0.5) is 5.69 Å². The molecule has 2 aromatic carbocycles. The summed E-state index contributed by atoms with van der Waals surface area (Å²) in [5.41, 5.74) is 2.99. The summed E-state index contributed by atoms with van der Waals surface area (Å²) in [6.07, 6.45) is 0.880. The van der Waals surface area contributed by atoms with Crippen LogP contribution in [0.2, 0.25) is 0 Å². The summed E-state index contributed by atoms with van der Waals surface area (Å²) in [5.74, 6) is -0.0690. The van der Waals surface area contributed by atoms with Gasteiger partial charge in [0.1, 0.15) is 0 Å². The molecule has 0 bridgehead atoms. The second kappa shape index (κ2) is 8.01. The van der Waals surface area contributed by atoms with Gasteiger partial charge in [-0.15, -0.1) is 0 Å². The Balaban J connectivity index is 1.91. The third-order valence-corrected chi connectivity index (χ3v) is 5.61. The first kappa shape index (κ1) is 20.1. The van der Waals surface area contributed by atoms with E-state index >= 15 is 0 Å². The van der Waals surface area contributed by atoms with Gasteiger partial charge in [-0.3, -0.25) is 4.79 Å². The van der Waals surface area contributed by atoms with Crippen molar-refractivity contribution in [2.45, 2.75) is 43.9 Å². The van der Waals surface area contributed by atoms with E-state index in [1.165, 1.54) is 12.6 Å². The van der Waals surface area contributed by atoms with E-state index < -0.39 is 10.0 Å². The second-order valence-electron chi connectivity index (χ2n) is 7.23. The summed E-state index contributed by atoms with van der Waals surface area (Å²) >= 11 is 0. The summed E-state index contributed by atoms with van der Waals surface area (Å²) in [6.45, 7) is 6.44. The summed E-state index contributed by atoms with van der Waals surface area (Å²) in [5, 5.41) is 2.89. The molecule has 0 aromatic heterocycles. The standard InChI is InChI=1S/C20H26N2O3S/c1-20(2,3)16-8-10-17(11-9-16)22-19(23)14-7-15-5-12-18(13-6-15)26(24,25)21-4/h5-6,8-13,21H,7,14H2,1-4H3,(H,22,23). The Morgan fingerprint density at radius 1 is 0.962 bits per heavy atom. The van der Waals surface area contributed by atoms with Gasteiger partial charge in [0.25, 0.3) is 0 Å². The van der Waals surface area contributed by atoms with Gasteiger partial charge in [-0.1, -0.05) is 45.0 Å². The van der Waals surface area contributed by atoms with E-state index in [0.717, 1.165) is 11.3 Å². The van der Waals surface area contributed by atoms with Crippen LogP contribution in [0.25, 0.3) is 0 Å². The number of nitrogens with one attached hydrogen (secondary N) is 2. The smallest absolute Gasteiger partial charge is 0.240 e. The highest BCUT2D eigenvalue weighted by atomic mass is 32.2. The molecular formula is C20H26N2O3S. The van der Waals surface area contributed by atoms with Crippen LogP contribution in [0.15, 0.2) is 53.4 Å². The highest BCUT2D eigenvalue weighted by Gasteiger charge is 2.13. The molecule has 0 aliphatic heterocycles. The van der Waals surface area contributed by atoms with Gasteiger partial charge in [0.05, 0.1) is 4.90 Å². The molecule has 0 heterocycles. The van der Waals surface area contributed by atoms with Crippen molar-refractivity contribution in [1.29, 1.82) is 0 Å². The molecule has 26 heavy (non-hydrogen) atoms. The van der Waals surface area contributed by atoms with E-state index in [-0.39, 0.29) is 16.2 Å². The first-order valence-corrected chi connectivity index (χ1v) is 10.0. The zero-order valence-corrected chi connectivity index (χ0v) is 16.5. The largest absolute Gasteiger partial charge is 0.326 e. The van der Waals surface area contributed by atoms with Crippen LogP contribution in [-0.4, -0.2) is 21.4 Å². The number of hydrogen-bond donors (Lipinski definition) is 2. The predicted octanol–water partition coefficient (Wildman–Crippen LogP) is 3.46. The lowest BCUT2D eigenvalue weighted by Gasteiger charge is -2.19. The van der Waals surface area contributed by atoms with Gasteiger partial charge in [-0.05, 0) is 54.3 Å². The van der Waals surface area contributed by atoms with Crippen LogP contribution in [0.3, 0.4) is 0 Å². The van der Waals surface area contributed by atoms with Crippen molar-refractivity contribution in [2.75, 3.05) is 12.4 Å². The first-order chi connectivity index (χ1) is 12.1. The molecule has 0 fully saturated rings. The Kier molecular flexibility index (Phi) is 6.21.